The van der Waals surface area contributed by atoms with Crippen molar-refractivity contribution >= 4 is 10.0 Å². The SMILES string of the molecule is CNS(=O)(=O)c1ccc([C@@H](C)NC[C@H]2CN(C)CCN2C)cc1. The van der Waals surface area contributed by atoms with Gasteiger partial charge in [-0.15, -0.1) is 0 Å². The molecule has 0 aliphatic carbocycles. The second-order valence-electron chi connectivity index (χ2n) is 6.30. The summed E-state index contributed by atoms with van der Waals surface area (Å²) in [7, 11) is 2.38. The molecular formula is C16H28N4O2S. The summed E-state index contributed by atoms with van der Waals surface area (Å²) in [4.78, 5) is 5.04. The predicted molar refractivity (Wildman–Crippen MR) is 93.0 cm³/mol. The molecule has 7 heteroatoms. The summed E-state index contributed by atoms with van der Waals surface area (Å²) in [5.41, 5.74) is 1.09. The highest BCUT2D eigenvalue weighted by molar-refractivity contribution is 7.89. The summed E-state index contributed by atoms with van der Waals surface area (Å²) in [6.45, 7) is 6.29. The van der Waals surface area contributed by atoms with Gasteiger partial charge in [0.1, 0.15) is 0 Å². The molecule has 1 aliphatic heterocycles. The number of nitrogens with zero attached hydrogens (tertiary/aromatic N) is 2. The van der Waals surface area contributed by atoms with Crippen LogP contribution in [-0.2, 0) is 10.0 Å². The molecule has 2 N–H and O–H groups in total. The van der Waals surface area contributed by atoms with Gasteiger partial charge in [0.2, 0.25) is 10.0 Å². The topological polar surface area (TPSA) is 64.7 Å². The number of benzene rings is 1. The minimum Gasteiger partial charge on any atom is -0.309 e. The van der Waals surface area contributed by atoms with Gasteiger partial charge in [-0.05, 0) is 45.8 Å². The van der Waals surface area contributed by atoms with Gasteiger partial charge >= 0.3 is 0 Å². The first kappa shape index (κ1) is 18.4. The van der Waals surface area contributed by atoms with Crippen molar-refractivity contribution in [3.63, 3.8) is 0 Å². The zero-order valence-corrected chi connectivity index (χ0v) is 15.2. The maximum atomic E-state index is 11.7. The van der Waals surface area contributed by atoms with E-state index in [2.05, 4.69) is 40.9 Å². The lowest BCUT2D eigenvalue weighted by Crippen LogP contribution is -2.53. The van der Waals surface area contributed by atoms with Crippen molar-refractivity contribution < 1.29 is 8.42 Å². The number of sulfonamides is 1. The maximum Gasteiger partial charge on any atom is 0.240 e. The lowest BCUT2D eigenvalue weighted by molar-refractivity contribution is 0.112. The highest BCUT2D eigenvalue weighted by atomic mass is 32.2. The molecule has 1 heterocycles. The molecule has 1 saturated heterocycles. The van der Waals surface area contributed by atoms with Crippen molar-refractivity contribution in [1.29, 1.82) is 0 Å². The third-order valence-electron chi connectivity index (χ3n) is 4.60. The molecule has 1 aromatic rings. The van der Waals surface area contributed by atoms with Crippen LogP contribution < -0.4 is 10.0 Å². The zero-order chi connectivity index (χ0) is 17.0. The van der Waals surface area contributed by atoms with Crippen LogP contribution in [0.1, 0.15) is 18.5 Å². The Hall–Kier alpha value is -0.990. The highest BCUT2D eigenvalue weighted by Crippen LogP contribution is 2.16. The van der Waals surface area contributed by atoms with Gasteiger partial charge < -0.3 is 10.2 Å². The van der Waals surface area contributed by atoms with Crippen LogP contribution in [-0.4, -0.2) is 71.6 Å². The summed E-state index contributed by atoms with van der Waals surface area (Å²) < 4.78 is 25.8. The maximum absolute atomic E-state index is 11.7. The third-order valence-corrected chi connectivity index (χ3v) is 6.03. The standard InChI is InChI=1S/C16H28N4O2S/c1-13(18-11-15-12-19(3)9-10-20(15)4)14-5-7-16(8-6-14)23(21,22)17-2/h5-8,13,15,17-18H,9-12H2,1-4H3/t13-,15+/m1/s1. The molecule has 0 amide bonds. The van der Waals surface area contributed by atoms with Crippen molar-refractivity contribution in [3.05, 3.63) is 29.8 Å². The first-order chi connectivity index (χ1) is 10.8. The Morgan fingerprint density at radius 3 is 2.48 bits per heavy atom. The smallest absolute Gasteiger partial charge is 0.240 e. The first-order valence-corrected chi connectivity index (χ1v) is 9.47. The van der Waals surface area contributed by atoms with Crippen LogP contribution in [0, 0.1) is 0 Å². The Bertz CT molecular complexity index is 603. The molecule has 1 fully saturated rings. The van der Waals surface area contributed by atoms with Gasteiger partial charge in [-0.2, -0.15) is 0 Å². The van der Waals surface area contributed by atoms with Crippen LogP contribution in [0.25, 0.3) is 0 Å². The minimum atomic E-state index is -3.37. The Kier molecular flexibility index (Phi) is 6.16. The monoisotopic (exact) mass is 340 g/mol. The van der Waals surface area contributed by atoms with Gasteiger partial charge in [0.05, 0.1) is 4.90 Å². The van der Waals surface area contributed by atoms with E-state index in [-0.39, 0.29) is 6.04 Å². The van der Waals surface area contributed by atoms with E-state index in [0.717, 1.165) is 31.7 Å². The van der Waals surface area contributed by atoms with Gasteiger partial charge in [-0.25, -0.2) is 13.1 Å². The number of hydrogen-bond acceptors (Lipinski definition) is 5. The van der Waals surface area contributed by atoms with E-state index in [0.29, 0.717) is 10.9 Å². The van der Waals surface area contributed by atoms with Crippen LogP contribution in [0.4, 0.5) is 0 Å². The van der Waals surface area contributed by atoms with Crippen LogP contribution in [0.3, 0.4) is 0 Å². The molecule has 2 rings (SSSR count). The van der Waals surface area contributed by atoms with Crippen molar-refractivity contribution in [1.82, 2.24) is 19.8 Å². The Labute approximate surface area is 139 Å². The Morgan fingerprint density at radius 1 is 1.22 bits per heavy atom. The molecule has 0 radical (unpaired) electrons. The summed E-state index contributed by atoms with van der Waals surface area (Å²) >= 11 is 0. The second kappa shape index (κ2) is 7.72. The molecule has 6 nitrogen and oxygen atoms in total. The van der Waals surface area contributed by atoms with E-state index in [4.69, 9.17) is 0 Å². The zero-order valence-electron chi connectivity index (χ0n) is 14.4. The van der Waals surface area contributed by atoms with E-state index >= 15 is 0 Å². The quantitative estimate of drug-likeness (QED) is 0.789. The lowest BCUT2D eigenvalue weighted by Gasteiger charge is -2.38. The molecule has 0 spiro atoms. The van der Waals surface area contributed by atoms with Gasteiger partial charge in [-0.3, -0.25) is 4.90 Å². The molecule has 1 aliphatic rings. The fourth-order valence-corrected chi connectivity index (χ4v) is 3.54. The molecular weight excluding hydrogens is 312 g/mol. The van der Waals surface area contributed by atoms with Crippen molar-refractivity contribution in [2.75, 3.05) is 47.3 Å². The summed E-state index contributed by atoms with van der Waals surface area (Å²) in [6, 6.07) is 7.74. The largest absolute Gasteiger partial charge is 0.309 e. The van der Waals surface area contributed by atoms with Crippen LogP contribution in [0.2, 0.25) is 0 Å². The number of piperazine rings is 1. The molecule has 1 aromatic carbocycles. The van der Waals surface area contributed by atoms with E-state index in [9.17, 15) is 8.42 Å². The fraction of sp³-hybridized carbons (Fsp3) is 0.625. The van der Waals surface area contributed by atoms with Gasteiger partial charge in [0.25, 0.3) is 0 Å². The summed E-state index contributed by atoms with van der Waals surface area (Å²) in [6.07, 6.45) is 0. The van der Waals surface area contributed by atoms with E-state index in [1.807, 2.05) is 12.1 Å². The number of likely N-dealkylation sites (N-methyl/N-ethyl adjacent to an activating group) is 2. The van der Waals surface area contributed by atoms with Crippen molar-refractivity contribution in [2.24, 2.45) is 0 Å². The average molecular weight is 340 g/mol. The van der Waals surface area contributed by atoms with E-state index < -0.39 is 10.0 Å². The van der Waals surface area contributed by atoms with Gasteiger partial charge in [0, 0.05) is 38.3 Å². The van der Waals surface area contributed by atoms with Crippen molar-refractivity contribution in [2.45, 2.75) is 23.9 Å². The molecule has 130 valence electrons. The van der Waals surface area contributed by atoms with Crippen LogP contribution in [0.5, 0.6) is 0 Å². The molecule has 0 saturated carbocycles. The predicted octanol–water partition coefficient (Wildman–Crippen LogP) is 0.491. The number of hydrogen-bond donors (Lipinski definition) is 2. The third kappa shape index (κ3) is 4.74. The van der Waals surface area contributed by atoms with Crippen LogP contribution in [0.15, 0.2) is 29.2 Å². The van der Waals surface area contributed by atoms with Crippen molar-refractivity contribution in [3.8, 4) is 0 Å². The molecule has 0 bridgehead atoms. The molecule has 2 atom stereocenters. The van der Waals surface area contributed by atoms with Crippen LogP contribution >= 0.6 is 0 Å². The molecule has 0 unspecified atom stereocenters. The Balaban J connectivity index is 1.94. The van der Waals surface area contributed by atoms with E-state index in [1.165, 1.54) is 7.05 Å². The van der Waals surface area contributed by atoms with E-state index in [1.54, 1.807) is 12.1 Å². The second-order valence-corrected chi connectivity index (χ2v) is 8.19. The lowest BCUT2D eigenvalue weighted by atomic mass is 10.1. The highest BCUT2D eigenvalue weighted by Gasteiger charge is 2.22. The molecule has 23 heavy (non-hydrogen) atoms. The summed E-state index contributed by atoms with van der Waals surface area (Å²) in [5, 5.41) is 3.56. The summed E-state index contributed by atoms with van der Waals surface area (Å²) in [5.74, 6) is 0. The van der Waals surface area contributed by atoms with Gasteiger partial charge in [0.15, 0.2) is 0 Å². The number of rotatable bonds is 6. The number of nitrogens with one attached hydrogen (secondary N) is 2. The molecule has 0 aromatic heterocycles. The minimum absolute atomic E-state index is 0.182. The average Bonchev–Trinajstić information content (AvgIpc) is 2.55. The Morgan fingerprint density at radius 2 is 1.87 bits per heavy atom. The first-order valence-electron chi connectivity index (χ1n) is 7.99. The van der Waals surface area contributed by atoms with Gasteiger partial charge in [-0.1, -0.05) is 12.1 Å². The fourth-order valence-electron chi connectivity index (χ4n) is 2.81. The normalized spacial score (nSPS) is 22.2.